The molecule has 2 atom stereocenters. The molecule has 0 aromatic carbocycles. The van der Waals surface area contributed by atoms with E-state index in [1.807, 2.05) is 0 Å². The van der Waals surface area contributed by atoms with Crippen LogP contribution in [0.25, 0.3) is 0 Å². The van der Waals surface area contributed by atoms with Crippen molar-refractivity contribution >= 4 is 21.3 Å². The summed E-state index contributed by atoms with van der Waals surface area (Å²) in [6.45, 7) is 0.779. The fourth-order valence-electron chi connectivity index (χ4n) is 1.04. The van der Waals surface area contributed by atoms with Crippen molar-refractivity contribution in [3.63, 3.8) is 0 Å². The number of methoxy groups -OCH3 is 1. The van der Waals surface area contributed by atoms with Crippen molar-refractivity contribution in [3.05, 3.63) is 0 Å². The number of nitrogens with one attached hydrogen (secondary N) is 1. The molecule has 0 aliphatic carbocycles. The lowest BCUT2D eigenvalue weighted by Gasteiger charge is -2.27. The van der Waals surface area contributed by atoms with Crippen LogP contribution in [0, 0.1) is 0 Å². The summed E-state index contributed by atoms with van der Waals surface area (Å²) in [5, 5.41) is 2.53. The Morgan fingerprint density at radius 2 is 2.50 bits per heavy atom. The molecule has 1 fully saturated rings. The molecule has 0 spiro atoms. The van der Waals surface area contributed by atoms with Crippen LogP contribution in [0.3, 0.4) is 0 Å². The minimum Gasteiger partial charge on any atom is -0.467 e. The van der Waals surface area contributed by atoms with Crippen molar-refractivity contribution in [1.82, 2.24) is 9.99 Å². The molecule has 1 N–H and O–H groups in total. The Labute approximate surface area is 72.7 Å². The lowest BCUT2D eigenvalue weighted by Crippen LogP contribution is -2.54. The quantitative estimate of drug-likeness (QED) is 0.414. The zero-order valence-electron chi connectivity index (χ0n) is 6.74. The highest BCUT2D eigenvalue weighted by Gasteiger charge is 2.28. The number of nitrogens with zero attached hydrogens (tertiary/aromatic N) is 1. The first-order chi connectivity index (χ1) is 5.63. The van der Waals surface area contributed by atoms with E-state index in [1.54, 1.807) is 4.67 Å². The Morgan fingerprint density at radius 1 is 1.83 bits per heavy atom. The fraction of sp³-hybridized carbons (Fsp3) is 0.667. The summed E-state index contributed by atoms with van der Waals surface area (Å²) < 4.78 is 6.19. The van der Waals surface area contributed by atoms with Crippen molar-refractivity contribution < 1.29 is 14.3 Å². The second kappa shape index (κ2) is 3.83. The zero-order valence-corrected chi connectivity index (χ0v) is 7.90. The standard InChI is InChI=1S/C6H11N2O3P/c1-11-6(10)4-2-8(12)3-5(9)7-4/h4H,2-3,12H2,1H3,(H,7,9). The number of amides is 1. The van der Waals surface area contributed by atoms with Crippen LogP contribution in [0.5, 0.6) is 0 Å². The van der Waals surface area contributed by atoms with Gasteiger partial charge in [0, 0.05) is 6.54 Å². The number of esters is 1. The maximum Gasteiger partial charge on any atom is 0.329 e. The van der Waals surface area contributed by atoms with Crippen molar-refractivity contribution in [3.8, 4) is 0 Å². The lowest BCUT2D eigenvalue weighted by atomic mass is 10.2. The average molecular weight is 190 g/mol. The first-order valence-electron chi connectivity index (χ1n) is 3.50. The monoisotopic (exact) mass is 190 g/mol. The van der Waals surface area contributed by atoms with E-state index in [9.17, 15) is 9.59 Å². The van der Waals surface area contributed by atoms with E-state index in [4.69, 9.17) is 0 Å². The minimum absolute atomic E-state index is 0.161. The van der Waals surface area contributed by atoms with E-state index in [2.05, 4.69) is 19.4 Å². The average Bonchev–Trinajstić information content (AvgIpc) is 2.01. The summed E-state index contributed by atoms with van der Waals surface area (Å²) in [6.07, 6.45) is 0. The molecule has 5 nitrogen and oxygen atoms in total. The van der Waals surface area contributed by atoms with Gasteiger partial charge in [-0.05, 0) is 0 Å². The van der Waals surface area contributed by atoms with Crippen molar-refractivity contribution in [1.29, 1.82) is 0 Å². The van der Waals surface area contributed by atoms with Gasteiger partial charge in [0.25, 0.3) is 0 Å². The molecule has 1 aliphatic heterocycles. The molecule has 1 heterocycles. The molecule has 0 aromatic rings. The molecular weight excluding hydrogens is 179 g/mol. The number of piperazine rings is 1. The van der Waals surface area contributed by atoms with Crippen LogP contribution in [0.4, 0.5) is 0 Å². The van der Waals surface area contributed by atoms with Gasteiger partial charge < -0.3 is 10.1 Å². The number of carbonyl (C=O) groups excluding carboxylic acids is 2. The molecule has 0 saturated carbocycles. The molecule has 2 unspecified atom stereocenters. The fourth-order valence-corrected chi connectivity index (χ4v) is 1.42. The highest BCUT2D eigenvalue weighted by Crippen LogP contribution is 2.05. The summed E-state index contributed by atoms with van der Waals surface area (Å²) in [5.41, 5.74) is 0. The number of hydrogen-bond acceptors (Lipinski definition) is 4. The first-order valence-corrected chi connectivity index (χ1v) is 4.02. The summed E-state index contributed by atoms with van der Waals surface area (Å²) in [7, 11) is 3.69. The third-order valence-electron chi connectivity index (χ3n) is 1.58. The van der Waals surface area contributed by atoms with Crippen LogP contribution in [0.15, 0.2) is 0 Å². The number of rotatable bonds is 1. The Kier molecular flexibility index (Phi) is 3.00. The van der Waals surface area contributed by atoms with Gasteiger partial charge in [-0.1, -0.05) is 9.39 Å². The Bertz CT molecular complexity index is 209. The molecular formula is C6H11N2O3P. The number of carbonyl (C=O) groups is 2. The van der Waals surface area contributed by atoms with E-state index in [0.717, 1.165) is 0 Å². The summed E-state index contributed by atoms with van der Waals surface area (Å²) in [6, 6.07) is -0.534. The van der Waals surface area contributed by atoms with Gasteiger partial charge in [0.1, 0.15) is 6.04 Å². The summed E-state index contributed by atoms with van der Waals surface area (Å²) in [4.78, 5) is 21.9. The van der Waals surface area contributed by atoms with E-state index in [0.29, 0.717) is 13.1 Å². The van der Waals surface area contributed by atoms with Gasteiger partial charge in [-0.3, -0.25) is 9.46 Å². The molecule has 0 bridgehead atoms. The van der Waals surface area contributed by atoms with Crippen LogP contribution < -0.4 is 5.32 Å². The van der Waals surface area contributed by atoms with E-state index in [1.165, 1.54) is 7.11 Å². The molecule has 1 saturated heterocycles. The second-order valence-corrected chi connectivity index (χ2v) is 3.30. The van der Waals surface area contributed by atoms with Crippen LogP contribution in [0.1, 0.15) is 0 Å². The summed E-state index contributed by atoms with van der Waals surface area (Å²) >= 11 is 0. The predicted molar refractivity (Wildman–Crippen MR) is 45.2 cm³/mol. The molecule has 1 amide bonds. The van der Waals surface area contributed by atoms with Gasteiger partial charge in [0.15, 0.2) is 0 Å². The number of ether oxygens (including phenoxy) is 1. The van der Waals surface area contributed by atoms with Gasteiger partial charge in [0.2, 0.25) is 5.91 Å². The molecule has 0 aromatic heterocycles. The molecule has 12 heavy (non-hydrogen) atoms. The first kappa shape index (κ1) is 9.42. The lowest BCUT2D eigenvalue weighted by molar-refractivity contribution is -0.146. The predicted octanol–water partition coefficient (Wildman–Crippen LogP) is -1.25. The SMILES string of the molecule is COC(=O)C1CN(P)CC(=O)N1. The molecule has 1 aliphatic rings. The van der Waals surface area contributed by atoms with Gasteiger partial charge >= 0.3 is 5.97 Å². The zero-order chi connectivity index (χ0) is 9.14. The van der Waals surface area contributed by atoms with Crippen molar-refractivity contribution in [2.45, 2.75) is 6.04 Å². The third kappa shape index (κ3) is 2.16. The minimum atomic E-state index is -0.534. The molecule has 0 radical (unpaired) electrons. The highest BCUT2D eigenvalue weighted by molar-refractivity contribution is 7.13. The third-order valence-corrected chi connectivity index (χ3v) is 1.98. The maximum absolute atomic E-state index is 11.0. The van der Waals surface area contributed by atoms with Gasteiger partial charge in [-0.15, -0.1) is 0 Å². The van der Waals surface area contributed by atoms with Crippen molar-refractivity contribution in [2.75, 3.05) is 20.2 Å². The smallest absolute Gasteiger partial charge is 0.329 e. The van der Waals surface area contributed by atoms with Gasteiger partial charge in [-0.2, -0.15) is 0 Å². The van der Waals surface area contributed by atoms with E-state index < -0.39 is 12.0 Å². The molecule has 68 valence electrons. The summed E-state index contributed by atoms with van der Waals surface area (Å²) in [5.74, 6) is -0.567. The topological polar surface area (TPSA) is 58.6 Å². The Hall–Kier alpha value is -0.670. The van der Waals surface area contributed by atoms with Crippen LogP contribution >= 0.6 is 9.39 Å². The van der Waals surface area contributed by atoms with Gasteiger partial charge in [-0.25, -0.2) is 4.79 Å². The normalized spacial score (nSPS) is 24.8. The molecule has 6 heteroatoms. The Morgan fingerprint density at radius 3 is 3.00 bits per heavy atom. The highest BCUT2D eigenvalue weighted by atomic mass is 31.0. The molecule has 1 rings (SSSR count). The Balaban J connectivity index is 2.55. The van der Waals surface area contributed by atoms with Crippen LogP contribution in [-0.4, -0.2) is 42.8 Å². The van der Waals surface area contributed by atoms with E-state index >= 15 is 0 Å². The van der Waals surface area contributed by atoms with Crippen molar-refractivity contribution in [2.24, 2.45) is 0 Å². The largest absolute Gasteiger partial charge is 0.467 e. The van der Waals surface area contributed by atoms with Crippen LogP contribution in [-0.2, 0) is 14.3 Å². The van der Waals surface area contributed by atoms with Crippen LogP contribution in [0.2, 0.25) is 0 Å². The van der Waals surface area contributed by atoms with E-state index in [-0.39, 0.29) is 5.91 Å². The van der Waals surface area contributed by atoms with Gasteiger partial charge in [0.05, 0.1) is 13.7 Å². The number of hydrogen-bond donors (Lipinski definition) is 1. The second-order valence-electron chi connectivity index (χ2n) is 2.57. The maximum atomic E-state index is 11.0.